The van der Waals surface area contributed by atoms with Gasteiger partial charge in [0.15, 0.2) is 5.75 Å². The molecule has 7 heteroatoms. The van der Waals surface area contributed by atoms with Crippen molar-refractivity contribution in [3.8, 4) is 5.75 Å². The minimum Gasteiger partial charge on any atom is -0.490 e. The predicted molar refractivity (Wildman–Crippen MR) is 78.8 cm³/mol. The molecule has 1 atom stereocenters. The van der Waals surface area contributed by atoms with Crippen LogP contribution < -0.4 is 10.1 Å². The van der Waals surface area contributed by atoms with Gasteiger partial charge in [0.2, 0.25) is 0 Å². The summed E-state index contributed by atoms with van der Waals surface area (Å²) in [6, 6.07) is 1.51. The van der Waals surface area contributed by atoms with Crippen LogP contribution in [-0.2, 0) is 0 Å². The first-order chi connectivity index (χ1) is 9.19. The number of rotatable bonds is 6. The summed E-state index contributed by atoms with van der Waals surface area (Å²) in [6.45, 7) is 6.04. The molecular weight excluding hydrogens is 303 g/mol. The Morgan fingerprint density at radius 3 is 2.75 bits per heavy atom. The van der Waals surface area contributed by atoms with E-state index in [-0.39, 0.29) is 5.92 Å². The molecule has 1 amide bonds. The second-order valence-electron chi connectivity index (χ2n) is 5.37. The molecule has 0 radical (unpaired) electrons. The lowest BCUT2D eigenvalue weighted by Crippen LogP contribution is -2.44. The zero-order valence-corrected chi connectivity index (χ0v) is 13.1. The number of carboxylic acid groups (broad SMARTS) is 1. The molecule has 0 aromatic carbocycles. The van der Waals surface area contributed by atoms with Gasteiger partial charge in [-0.15, -0.1) is 0 Å². The zero-order valence-electron chi connectivity index (χ0n) is 11.6. The fourth-order valence-electron chi connectivity index (χ4n) is 2.00. The molecule has 112 valence electrons. The van der Waals surface area contributed by atoms with Gasteiger partial charge in [-0.25, -0.2) is 9.78 Å². The highest BCUT2D eigenvalue weighted by Gasteiger charge is 2.23. The van der Waals surface area contributed by atoms with Crippen molar-refractivity contribution in [2.24, 2.45) is 5.92 Å². The van der Waals surface area contributed by atoms with Crippen molar-refractivity contribution in [3.63, 3.8) is 0 Å². The molecule has 0 bridgehead atoms. The van der Waals surface area contributed by atoms with Crippen molar-refractivity contribution in [1.82, 2.24) is 10.3 Å². The molecule has 1 heterocycles. The van der Waals surface area contributed by atoms with Gasteiger partial charge < -0.3 is 15.2 Å². The largest absolute Gasteiger partial charge is 0.490 e. The fraction of sp³-hybridized carbons (Fsp3) is 0.538. The lowest BCUT2D eigenvalue weighted by Gasteiger charge is -2.28. The maximum absolute atomic E-state index is 10.7. The lowest BCUT2D eigenvalue weighted by atomic mass is 9.92. The van der Waals surface area contributed by atoms with Crippen molar-refractivity contribution in [3.05, 3.63) is 22.4 Å². The van der Waals surface area contributed by atoms with Gasteiger partial charge in [-0.1, -0.05) is 30.1 Å². The van der Waals surface area contributed by atoms with Crippen molar-refractivity contribution < 1.29 is 14.6 Å². The zero-order chi connectivity index (χ0) is 15.3. The van der Waals surface area contributed by atoms with Crippen LogP contribution >= 0.6 is 23.2 Å². The molecule has 0 saturated carbocycles. The van der Waals surface area contributed by atoms with Gasteiger partial charge in [-0.3, -0.25) is 0 Å². The Bertz CT molecular complexity index is 481. The smallest absolute Gasteiger partial charge is 0.405 e. The number of nitrogens with zero attached hydrogens (tertiary/aromatic N) is 1. The maximum Gasteiger partial charge on any atom is 0.405 e. The number of halogens is 2. The Kier molecular flexibility index (Phi) is 5.89. The van der Waals surface area contributed by atoms with Crippen molar-refractivity contribution in [2.45, 2.75) is 32.7 Å². The molecule has 1 rings (SSSR count). The number of hydrogen-bond donors (Lipinski definition) is 2. The van der Waals surface area contributed by atoms with Gasteiger partial charge in [0.25, 0.3) is 0 Å². The van der Waals surface area contributed by atoms with E-state index in [1.165, 1.54) is 12.3 Å². The molecule has 0 saturated heterocycles. The molecular formula is C13H18Cl2N2O3. The molecule has 20 heavy (non-hydrogen) atoms. The van der Waals surface area contributed by atoms with E-state index in [9.17, 15) is 4.79 Å². The van der Waals surface area contributed by atoms with E-state index in [1.54, 1.807) is 0 Å². The Labute approximate surface area is 128 Å². The van der Waals surface area contributed by atoms with Gasteiger partial charge >= 0.3 is 6.09 Å². The van der Waals surface area contributed by atoms with E-state index < -0.39 is 11.6 Å². The summed E-state index contributed by atoms with van der Waals surface area (Å²) in [4.78, 5) is 14.6. The van der Waals surface area contributed by atoms with Crippen molar-refractivity contribution in [2.75, 3.05) is 6.61 Å². The average Bonchev–Trinajstić information content (AvgIpc) is 2.24. The first kappa shape index (κ1) is 16.9. The maximum atomic E-state index is 10.7. The van der Waals surface area contributed by atoms with Gasteiger partial charge in [0.05, 0.1) is 17.8 Å². The Hall–Kier alpha value is -1.20. The third kappa shape index (κ3) is 5.84. The summed E-state index contributed by atoms with van der Waals surface area (Å²) in [6.07, 6.45) is 1.07. The van der Waals surface area contributed by atoms with E-state index in [0.717, 1.165) is 0 Å². The van der Waals surface area contributed by atoms with Crippen LogP contribution in [0.2, 0.25) is 10.2 Å². The summed E-state index contributed by atoms with van der Waals surface area (Å²) in [5.74, 6) is 0.607. The summed E-state index contributed by atoms with van der Waals surface area (Å²) in [5, 5.41) is 11.9. The minimum atomic E-state index is -1.03. The fourth-order valence-corrected chi connectivity index (χ4v) is 2.42. The van der Waals surface area contributed by atoms with Gasteiger partial charge in [0, 0.05) is 5.54 Å². The average molecular weight is 321 g/mol. The van der Waals surface area contributed by atoms with Crippen molar-refractivity contribution in [1.29, 1.82) is 0 Å². The highest BCUT2D eigenvalue weighted by Crippen LogP contribution is 2.26. The van der Waals surface area contributed by atoms with E-state index in [2.05, 4.69) is 10.3 Å². The number of ether oxygens (including phenoxy) is 1. The second-order valence-corrected chi connectivity index (χ2v) is 6.17. The molecule has 1 unspecified atom stereocenters. The molecule has 0 aliphatic carbocycles. The summed E-state index contributed by atoms with van der Waals surface area (Å²) in [5.41, 5.74) is -0.517. The summed E-state index contributed by atoms with van der Waals surface area (Å²) in [7, 11) is 0. The predicted octanol–water partition coefficient (Wildman–Crippen LogP) is 3.84. The summed E-state index contributed by atoms with van der Waals surface area (Å²) < 4.78 is 5.58. The van der Waals surface area contributed by atoms with Crippen LogP contribution in [-0.4, -0.2) is 28.3 Å². The Balaban J connectivity index is 2.50. The number of hydrogen-bond acceptors (Lipinski definition) is 3. The molecule has 1 aromatic heterocycles. The Morgan fingerprint density at radius 2 is 2.20 bits per heavy atom. The van der Waals surface area contributed by atoms with Crippen LogP contribution in [0.1, 0.15) is 27.2 Å². The van der Waals surface area contributed by atoms with Gasteiger partial charge in [0.1, 0.15) is 5.15 Å². The second kappa shape index (κ2) is 6.99. The Morgan fingerprint density at radius 1 is 1.55 bits per heavy atom. The van der Waals surface area contributed by atoms with Crippen LogP contribution in [0, 0.1) is 5.92 Å². The molecule has 5 nitrogen and oxygen atoms in total. The van der Waals surface area contributed by atoms with Crippen LogP contribution in [0.25, 0.3) is 0 Å². The molecule has 0 aliphatic heterocycles. The minimum absolute atomic E-state index is 0.142. The quantitative estimate of drug-likeness (QED) is 0.781. The number of carbonyl (C=O) groups is 1. The topological polar surface area (TPSA) is 71.5 Å². The van der Waals surface area contributed by atoms with Gasteiger partial charge in [-0.05, 0) is 32.3 Å². The highest BCUT2D eigenvalue weighted by molar-refractivity contribution is 6.34. The molecule has 0 aliphatic rings. The number of amides is 1. The number of nitrogens with one attached hydrogen (secondary N) is 1. The van der Waals surface area contributed by atoms with E-state index in [0.29, 0.717) is 29.0 Å². The normalized spacial score (nSPS) is 12.8. The van der Waals surface area contributed by atoms with Crippen LogP contribution in [0.3, 0.4) is 0 Å². The van der Waals surface area contributed by atoms with Crippen molar-refractivity contribution >= 4 is 29.3 Å². The van der Waals surface area contributed by atoms with E-state index >= 15 is 0 Å². The number of aromatic nitrogens is 1. The molecule has 2 N–H and O–H groups in total. The van der Waals surface area contributed by atoms with E-state index in [4.69, 9.17) is 33.0 Å². The molecule has 1 aromatic rings. The number of pyridine rings is 1. The van der Waals surface area contributed by atoms with Crippen LogP contribution in [0.4, 0.5) is 4.79 Å². The van der Waals surface area contributed by atoms with Crippen LogP contribution in [0.5, 0.6) is 5.75 Å². The van der Waals surface area contributed by atoms with Crippen LogP contribution in [0.15, 0.2) is 12.3 Å². The highest BCUT2D eigenvalue weighted by atomic mass is 35.5. The standard InChI is InChI=1S/C13H18Cl2N2O3/c1-8(5-13(2,3)17-12(18)19)7-20-10-6-16-11(15)4-9(10)14/h4,6,8,17H,5,7H2,1-3H3,(H,18,19). The monoisotopic (exact) mass is 320 g/mol. The summed E-state index contributed by atoms with van der Waals surface area (Å²) >= 11 is 11.7. The first-order valence-corrected chi connectivity index (χ1v) is 6.90. The first-order valence-electron chi connectivity index (χ1n) is 6.14. The third-order valence-electron chi connectivity index (χ3n) is 2.61. The SMILES string of the molecule is CC(COc1cnc(Cl)cc1Cl)CC(C)(C)NC(=O)O. The van der Waals surface area contributed by atoms with E-state index in [1.807, 2.05) is 20.8 Å². The molecule has 0 spiro atoms. The third-order valence-corrected chi connectivity index (χ3v) is 3.12. The molecule has 0 fully saturated rings. The lowest BCUT2D eigenvalue weighted by molar-refractivity contribution is 0.169. The van der Waals surface area contributed by atoms with Gasteiger partial charge in [-0.2, -0.15) is 0 Å².